The normalized spacial score (nSPS) is 15.5. The Labute approximate surface area is 205 Å². The molecule has 0 atom stereocenters. The standard InChI is InChI=1S/C18H20F2N8.C5H9F2N/c1-9(2)22-16-15-11(6-7-28(15)26-18(21)25-16)12-4-5-13-17(24-12)27(8-14(19)20)10(3)23-13;6-5(7)2-1-3-8-4-5/h4-7,9,14H,8H2,1-3H3,(H3,21,22,25,26);8H,1-4H2. The monoisotopic (exact) mass is 507 g/mol. The van der Waals surface area contributed by atoms with Crippen molar-refractivity contribution in [1.29, 1.82) is 0 Å². The number of fused-ring (bicyclic) bond motifs is 2. The average Bonchev–Trinajstić information content (AvgIpc) is 3.34. The van der Waals surface area contributed by atoms with Crippen LogP contribution in [0, 0.1) is 6.92 Å². The number of rotatable bonds is 5. The molecular weight excluding hydrogens is 478 g/mol. The molecule has 0 saturated carbocycles. The number of nitrogen functional groups attached to an aromatic ring is 1. The molecule has 0 spiro atoms. The van der Waals surface area contributed by atoms with Crippen molar-refractivity contribution >= 4 is 28.4 Å². The Morgan fingerprint density at radius 2 is 1.94 bits per heavy atom. The van der Waals surface area contributed by atoms with E-state index in [1.54, 1.807) is 23.7 Å². The van der Waals surface area contributed by atoms with Gasteiger partial charge in [-0.1, -0.05) is 0 Å². The number of pyridine rings is 1. The molecule has 4 N–H and O–H groups in total. The van der Waals surface area contributed by atoms with Gasteiger partial charge >= 0.3 is 0 Å². The second-order valence-electron chi connectivity index (χ2n) is 8.98. The molecule has 1 aliphatic rings. The van der Waals surface area contributed by atoms with E-state index in [1.165, 1.54) is 4.57 Å². The summed E-state index contributed by atoms with van der Waals surface area (Å²) < 4.78 is 53.3. The third-order valence-corrected chi connectivity index (χ3v) is 5.61. The molecule has 1 fully saturated rings. The number of halogens is 4. The van der Waals surface area contributed by atoms with E-state index in [9.17, 15) is 17.6 Å². The quantitative estimate of drug-likeness (QED) is 0.349. The minimum atomic E-state index is -2.49. The van der Waals surface area contributed by atoms with Gasteiger partial charge in [0.1, 0.15) is 16.9 Å². The Hall–Kier alpha value is -3.48. The van der Waals surface area contributed by atoms with Crippen molar-refractivity contribution in [1.82, 2.24) is 34.4 Å². The van der Waals surface area contributed by atoms with Crippen LogP contribution in [0.25, 0.3) is 27.9 Å². The summed E-state index contributed by atoms with van der Waals surface area (Å²) in [5, 5.41) is 10.1. The molecule has 0 bridgehead atoms. The molecule has 0 unspecified atom stereocenters. The molecule has 5 heterocycles. The number of anilines is 2. The summed E-state index contributed by atoms with van der Waals surface area (Å²) in [4.78, 5) is 13.3. The van der Waals surface area contributed by atoms with Gasteiger partial charge in [-0.25, -0.2) is 32.0 Å². The van der Waals surface area contributed by atoms with Gasteiger partial charge in [0.2, 0.25) is 5.95 Å². The van der Waals surface area contributed by atoms with Gasteiger partial charge in [-0.05, 0) is 51.9 Å². The summed E-state index contributed by atoms with van der Waals surface area (Å²) in [7, 11) is 0. The van der Waals surface area contributed by atoms with Crippen LogP contribution >= 0.6 is 0 Å². The maximum Gasteiger partial charge on any atom is 0.260 e. The summed E-state index contributed by atoms with van der Waals surface area (Å²) in [6, 6.07) is 5.58. The highest BCUT2D eigenvalue weighted by Crippen LogP contribution is 2.30. The molecule has 194 valence electrons. The van der Waals surface area contributed by atoms with Crippen LogP contribution in [0.1, 0.15) is 32.5 Å². The minimum Gasteiger partial charge on any atom is -0.366 e. The number of nitrogens with one attached hydrogen (secondary N) is 2. The van der Waals surface area contributed by atoms with Crippen molar-refractivity contribution in [2.24, 2.45) is 0 Å². The Bertz CT molecular complexity index is 1340. The predicted octanol–water partition coefficient (Wildman–Crippen LogP) is 4.12. The lowest BCUT2D eigenvalue weighted by molar-refractivity contribution is -0.0208. The Kier molecular flexibility index (Phi) is 7.29. The summed E-state index contributed by atoms with van der Waals surface area (Å²) in [5.41, 5.74) is 8.91. The van der Waals surface area contributed by atoms with E-state index >= 15 is 0 Å². The van der Waals surface area contributed by atoms with Gasteiger partial charge in [0, 0.05) is 24.2 Å². The van der Waals surface area contributed by atoms with Crippen molar-refractivity contribution in [3.63, 3.8) is 0 Å². The Morgan fingerprint density at radius 1 is 1.17 bits per heavy atom. The topological polar surface area (TPSA) is 111 Å². The van der Waals surface area contributed by atoms with Crippen molar-refractivity contribution in [3.8, 4) is 11.3 Å². The zero-order valence-electron chi connectivity index (χ0n) is 20.3. The van der Waals surface area contributed by atoms with Crippen LogP contribution in [0.3, 0.4) is 0 Å². The van der Waals surface area contributed by atoms with E-state index in [-0.39, 0.29) is 25.0 Å². The molecule has 1 saturated heterocycles. The molecule has 1 aliphatic heterocycles. The number of aryl methyl sites for hydroxylation is 1. The first-order valence-corrected chi connectivity index (χ1v) is 11.7. The first-order chi connectivity index (χ1) is 17.0. The number of hydrogen-bond donors (Lipinski definition) is 3. The van der Waals surface area contributed by atoms with Gasteiger partial charge in [-0.15, -0.1) is 5.10 Å². The fourth-order valence-electron chi connectivity index (χ4n) is 4.08. The van der Waals surface area contributed by atoms with Crippen molar-refractivity contribution < 1.29 is 17.6 Å². The smallest absolute Gasteiger partial charge is 0.260 e. The summed E-state index contributed by atoms with van der Waals surface area (Å²) in [6.45, 7) is 5.84. The molecular formula is C23H29F4N9. The lowest BCUT2D eigenvalue weighted by Crippen LogP contribution is -2.38. The SMILES string of the molecule is Cc1nc2ccc(-c3ccn4nc(N)nc(NC(C)C)c34)nc2n1CC(F)F.FC1(F)CCCNC1. The second kappa shape index (κ2) is 10.2. The van der Waals surface area contributed by atoms with Crippen LogP contribution in [0.2, 0.25) is 0 Å². The molecule has 0 amide bonds. The molecule has 4 aromatic rings. The van der Waals surface area contributed by atoms with Gasteiger partial charge in [0.05, 0.1) is 18.8 Å². The third kappa shape index (κ3) is 5.66. The summed E-state index contributed by atoms with van der Waals surface area (Å²) in [6.07, 6.45) is -0.0653. The first kappa shape index (κ1) is 25.6. The van der Waals surface area contributed by atoms with E-state index in [1.807, 2.05) is 26.0 Å². The number of nitrogens with two attached hydrogens (primary N) is 1. The van der Waals surface area contributed by atoms with Crippen LogP contribution in [-0.2, 0) is 6.54 Å². The van der Waals surface area contributed by atoms with Gasteiger partial charge in [-0.2, -0.15) is 4.98 Å². The third-order valence-electron chi connectivity index (χ3n) is 5.61. The van der Waals surface area contributed by atoms with E-state index in [2.05, 4.69) is 30.7 Å². The molecule has 36 heavy (non-hydrogen) atoms. The molecule has 4 aromatic heterocycles. The van der Waals surface area contributed by atoms with Crippen LogP contribution < -0.4 is 16.4 Å². The van der Waals surface area contributed by atoms with Crippen LogP contribution in [-0.4, -0.2) is 60.6 Å². The maximum atomic E-state index is 13.0. The zero-order valence-corrected chi connectivity index (χ0v) is 20.3. The zero-order chi connectivity index (χ0) is 26.0. The molecule has 13 heteroatoms. The molecule has 5 rings (SSSR count). The average molecular weight is 508 g/mol. The lowest BCUT2D eigenvalue weighted by atomic mass is 10.1. The largest absolute Gasteiger partial charge is 0.366 e. The van der Waals surface area contributed by atoms with E-state index < -0.39 is 18.9 Å². The van der Waals surface area contributed by atoms with Crippen LogP contribution in [0.5, 0.6) is 0 Å². The van der Waals surface area contributed by atoms with E-state index in [4.69, 9.17) is 5.73 Å². The lowest BCUT2D eigenvalue weighted by Gasteiger charge is -2.21. The molecule has 0 radical (unpaired) electrons. The number of nitrogens with zero attached hydrogens (tertiary/aromatic N) is 6. The van der Waals surface area contributed by atoms with E-state index in [0.29, 0.717) is 40.4 Å². The van der Waals surface area contributed by atoms with Gasteiger partial charge < -0.3 is 20.9 Å². The van der Waals surface area contributed by atoms with Crippen LogP contribution in [0.4, 0.5) is 29.3 Å². The number of alkyl halides is 4. The molecule has 9 nitrogen and oxygen atoms in total. The maximum absolute atomic E-state index is 13.0. The Morgan fingerprint density at radius 3 is 2.56 bits per heavy atom. The Balaban J connectivity index is 0.000000325. The fraction of sp³-hybridized carbons (Fsp3) is 0.478. The number of hydrogen-bond acceptors (Lipinski definition) is 7. The van der Waals surface area contributed by atoms with Gasteiger partial charge in [-0.3, -0.25) is 0 Å². The highest BCUT2D eigenvalue weighted by atomic mass is 19.3. The van der Waals surface area contributed by atoms with Crippen molar-refractivity contribution in [2.45, 2.75) is 58.5 Å². The highest BCUT2D eigenvalue weighted by Gasteiger charge is 2.30. The predicted molar refractivity (Wildman–Crippen MR) is 130 cm³/mol. The van der Waals surface area contributed by atoms with Gasteiger partial charge in [0.15, 0.2) is 11.5 Å². The summed E-state index contributed by atoms with van der Waals surface area (Å²) >= 11 is 0. The number of piperidine rings is 1. The van der Waals surface area contributed by atoms with E-state index in [0.717, 1.165) is 12.1 Å². The van der Waals surface area contributed by atoms with Gasteiger partial charge in [0.25, 0.3) is 12.3 Å². The van der Waals surface area contributed by atoms with Crippen molar-refractivity contribution in [2.75, 3.05) is 24.1 Å². The molecule has 0 aliphatic carbocycles. The van der Waals surface area contributed by atoms with Crippen LogP contribution in [0.15, 0.2) is 24.4 Å². The number of aromatic nitrogens is 6. The number of imidazole rings is 1. The second-order valence-corrected chi connectivity index (χ2v) is 8.98. The fourth-order valence-corrected chi connectivity index (χ4v) is 4.08. The van der Waals surface area contributed by atoms with Crippen molar-refractivity contribution in [3.05, 3.63) is 30.2 Å². The molecule has 0 aromatic carbocycles. The highest BCUT2D eigenvalue weighted by molar-refractivity contribution is 5.89. The summed E-state index contributed by atoms with van der Waals surface area (Å²) in [5.74, 6) is -1.20. The minimum absolute atomic E-state index is 0.0556. The first-order valence-electron chi connectivity index (χ1n) is 11.7.